The van der Waals surface area contributed by atoms with Gasteiger partial charge in [-0.15, -0.1) is 11.3 Å². The molecule has 1 aliphatic carbocycles. The van der Waals surface area contributed by atoms with Gasteiger partial charge in [0.1, 0.15) is 0 Å². The quantitative estimate of drug-likeness (QED) is 0.760. The molecule has 0 saturated heterocycles. The third-order valence-electron chi connectivity index (χ3n) is 3.25. The molecule has 1 aromatic rings. The van der Waals surface area contributed by atoms with Gasteiger partial charge in [0.25, 0.3) is 0 Å². The van der Waals surface area contributed by atoms with Crippen LogP contribution in [0.4, 0.5) is 17.6 Å². The third-order valence-corrected chi connectivity index (χ3v) is 5.19. The highest BCUT2D eigenvalue weighted by molar-refractivity contribution is 9.10. The Labute approximate surface area is 127 Å². The molecule has 0 spiro atoms. The number of nitrogens with zero attached hydrogens (tertiary/aromatic N) is 1. The lowest BCUT2D eigenvalue weighted by molar-refractivity contribution is -0.148. The van der Waals surface area contributed by atoms with E-state index >= 15 is 0 Å². The zero-order chi connectivity index (χ0) is 14.9. The summed E-state index contributed by atoms with van der Waals surface area (Å²) in [6.45, 7) is 0.611. The van der Waals surface area contributed by atoms with Crippen LogP contribution in [-0.4, -0.2) is 30.2 Å². The molecule has 1 aromatic heterocycles. The van der Waals surface area contributed by atoms with Crippen LogP contribution < -0.4 is 5.73 Å². The van der Waals surface area contributed by atoms with Crippen LogP contribution in [0.3, 0.4) is 0 Å². The van der Waals surface area contributed by atoms with Gasteiger partial charge < -0.3 is 5.73 Å². The van der Waals surface area contributed by atoms with E-state index in [1.807, 2.05) is 0 Å². The lowest BCUT2D eigenvalue weighted by atomic mass is 10.1. The van der Waals surface area contributed by atoms with Crippen LogP contribution in [-0.2, 0) is 0 Å². The monoisotopic (exact) mass is 374 g/mol. The molecule has 20 heavy (non-hydrogen) atoms. The molecule has 114 valence electrons. The van der Waals surface area contributed by atoms with Crippen molar-refractivity contribution in [3.8, 4) is 0 Å². The predicted octanol–water partition coefficient (Wildman–Crippen LogP) is 4.07. The van der Waals surface area contributed by atoms with Gasteiger partial charge in [0.2, 0.25) is 0 Å². The van der Waals surface area contributed by atoms with Gasteiger partial charge in [-0.1, -0.05) is 0 Å². The van der Waals surface area contributed by atoms with Crippen molar-refractivity contribution in [2.45, 2.75) is 37.5 Å². The first kappa shape index (κ1) is 16.2. The Morgan fingerprint density at radius 2 is 2.10 bits per heavy atom. The minimum Gasteiger partial charge on any atom is -0.329 e. The fraction of sp³-hybridized carbons (Fsp3) is 0.667. The highest BCUT2D eigenvalue weighted by Gasteiger charge is 2.42. The van der Waals surface area contributed by atoms with E-state index in [1.54, 1.807) is 4.90 Å². The highest BCUT2D eigenvalue weighted by atomic mass is 79.9. The first-order valence-electron chi connectivity index (χ1n) is 6.28. The van der Waals surface area contributed by atoms with E-state index in [2.05, 4.69) is 15.9 Å². The number of nitrogens with two attached hydrogens (primary N) is 1. The Morgan fingerprint density at radius 1 is 1.45 bits per heavy atom. The predicted molar refractivity (Wildman–Crippen MR) is 74.2 cm³/mol. The molecule has 0 bridgehead atoms. The van der Waals surface area contributed by atoms with Crippen LogP contribution in [0.1, 0.15) is 30.2 Å². The molecular weight excluding hydrogens is 360 g/mol. The summed E-state index contributed by atoms with van der Waals surface area (Å²) in [5.41, 5.74) is 5.50. The summed E-state index contributed by atoms with van der Waals surface area (Å²) in [5.74, 6) is -0.591. The standard InChI is InChI=1S/C12H15BrF4N2S/c13-8-6-20-11(10(8)14)9(5-12(15,16)17)19(4-3-18)7-1-2-7/h6-7,9H,1-5,18H2. The molecule has 0 aliphatic heterocycles. The van der Waals surface area contributed by atoms with Crippen molar-refractivity contribution < 1.29 is 17.6 Å². The van der Waals surface area contributed by atoms with E-state index in [-0.39, 0.29) is 21.9 Å². The van der Waals surface area contributed by atoms with Crippen molar-refractivity contribution in [1.29, 1.82) is 0 Å². The topological polar surface area (TPSA) is 29.3 Å². The Balaban J connectivity index is 2.30. The summed E-state index contributed by atoms with van der Waals surface area (Å²) in [6, 6.07) is -0.895. The minimum atomic E-state index is -4.34. The summed E-state index contributed by atoms with van der Waals surface area (Å²) in [5, 5.41) is 1.49. The second kappa shape index (κ2) is 6.29. The number of alkyl halides is 3. The van der Waals surface area contributed by atoms with Crippen molar-refractivity contribution in [2.24, 2.45) is 5.73 Å². The molecule has 2 N–H and O–H groups in total. The van der Waals surface area contributed by atoms with Gasteiger partial charge in [-0.05, 0) is 28.8 Å². The molecule has 2 rings (SSSR count). The number of rotatable bonds is 6. The van der Waals surface area contributed by atoms with Crippen molar-refractivity contribution in [2.75, 3.05) is 13.1 Å². The molecule has 0 radical (unpaired) electrons. The zero-order valence-electron chi connectivity index (χ0n) is 10.6. The summed E-state index contributed by atoms with van der Waals surface area (Å²) in [7, 11) is 0. The zero-order valence-corrected chi connectivity index (χ0v) is 13.0. The lowest BCUT2D eigenvalue weighted by Gasteiger charge is -2.31. The second-order valence-corrected chi connectivity index (χ2v) is 6.62. The molecule has 0 aromatic carbocycles. The van der Waals surface area contributed by atoms with Crippen molar-refractivity contribution in [3.05, 3.63) is 20.5 Å². The Hall–Kier alpha value is -0.180. The Kier molecular flexibility index (Phi) is 5.09. The normalized spacial score (nSPS) is 17.8. The van der Waals surface area contributed by atoms with Crippen LogP contribution in [0.5, 0.6) is 0 Å². The molecule has 1 atom stereocenters. The van der Waals surface area contributed by atoms with Gasteiger partial charge in [-0.3, -0.25) is 4.90 Å². The number of thiophene rings is 1. The third kappa shape index (κ3) is 3.93. The number of hydrogen-bond donors (Lipinski definition) is 1. The summed E-state index contributed by atoms with van der Waals surface area (Å²) < 4.78 is 52.7. The van der Waals surface area contributed by atoms with Gasteiger partial charge >= 0.3 is 6.18 Å². The summed E-state index contributed by atoms with van der Waals surface area (Å²) in [6.07, 6.45) is -3.69. The fourth-order valence-corrected chi connectivity index (χ4v) is 3.84. The van der Waals surface area contributed by atoms with E-state index in [1.165, 1.54) is 5.38 Å². The van der Waals surface area contributed by atoms with Crippen LogP contribution in [0, 0.1) is 5.82 Å². The molecule has 2 nitrogen and oxygen atoms in total. The van der Waals surface area contributed by atoms with Gasteiger partial charge in [0.05, 0.1) is 21.8 Å². The molecule has 1 heterocycles. The van der Waals surface area contributed by atoms with E-state index in [4.69, 9.17) is 5.73 Å². The first-order chi connectivity index (χ1) is 9.33. The van der Waals surface area contributed by atoms with Crippen molar-refractivity contribution in [1.82, 2.24) is 4.90 Å². The molecule has 1 unspecified atom stereocenters. The number of halogens is 5. The average molecular weight is 375 g/mol. The van der Waals surface area contributed by atoms with Crippen LogP contribution >= 0.6 is 27.3 Å². The van der Waals surface area contributed by atoms with Gasteiger partial charge in [0.15, 0.2) is 5.82 Å². The van der Waals surface area contributed by atoms with Crippen LogP contribution in [0.15, 0.2) is 9.85 Å². The maximum absolute atomic E-state index is 14.0. The maximum atomic E-state index is 14.0. The molecule has 1 fully saturated rings. The van der Waals surface area contributed by atoms with E-state index in [0.717, 1.165) is 24.2 Å². The maximum Gasteiger partial charge on any atom is 0.390 e. The largest absolute Gasteiger partial charge is 0.390 e. The molecule has 0 amide bonds. The van der Waals surface area contributed by atoms with Crippen molar-refractivity contribution >= 4 is 27.3 Å². The Morgan fingerprint density at radius 3 is 2.50 bits per heavy atom. The van der Waals surface area contributed by atoms with Gasteiger partial charge in [0, 0.05) is 24.5 Å². The van der Waals surface area contributed by atoms with Gasteiger partial charge in [-0.25, -0.2) is 4.39 Å². The van der Waals surface area contributed by atoms with Crippen molar-refractivity contribution in [3.63, 3.8) is 0 Å². The highest BCUT2D eigenvalue weighted by Crippen LogP contribution is 2.43. The molecule has 1 aliphatic rings. The van der Waals surface area contributed by atoms with E-state index in [0.29, 0.717) is 6.54 Å². The average Bonchev–Trinajstić information content (AvgIpc) is 3.12. The van der Waals surface area contributed by atoms with E-state index < -0.39 is 24.5 Å². The first-order valence-corrected chi connectivity index (χ1v) is 7.95. The summed E-state index contributed by atoms with van der Waals surface area (Å²) in [4.78, 5) is 1.84. The van der Waals surface area contributed by atoms with Crippen LogP contribution in [0.25, 0.3) is 0 Å². The van der Waals surface area contributed by atoms with Gasteiger partial charge in [-0.2, -0.15) is 13.2 Å². The SMILES string of the molecule is NCCN(C1CC1)C(CC(F)(F)F)c1scc(Br)c1F. The fourth-order valence-electron chi connectivity index (χ4n) is 2.29. The minimum absolute atomic E-state index is 0.0891. The summed E-state index contributed by atoms with van der Waals surface area (Å²) >= 11 is 4.04. The molecular formula is C12H15BrF4N2S. The lowest BCUT2D eigenvalue weighted by Crippen LogP contribution is -2.37. The molecule has 1 saturated carbocycles. The second-order valence-electron chi connectivity index (χ2n) is 4.85. The van der Waals surface area contributed by atoms with E-state index in [9.17, 15) is 17.6 Å². The Bertz CT molecular complexity index is 459. The molecule has 8 heteroatoms. The smallest absolute Gasteiger partial charge is 0.329 e. The van der Waals surface area contributed by atoms with Crippen LogP contribution in [0.2, 0.25) is 0 Å². The number of hydrogen-bond acceptors (Lipinski definition) is 3.